The zero-order valence-corrected chi connectivity index (χ0v) is 20.5. The number of sulfonamides is 1. The Morgan fingerprint density at radius 2 is 1.74 bits per heavy atom. The van der Waals surface area contributed by atoms with Gasteiger partial charge in [0, 0.05) is 16.1 Å². The van der Waals surface area contributed by atoms with E-state index in [0.717, 1.165) is 0 Å². The van der Waals surface area contributed by atoms with Crippen LogP contribution in [-0.2, 0) is 14.8 Å². The Kier molecular flexibility index (Phi) is 8.09. The number of carbonyl (C=O) groups is 2. The van der Waals surface area contributed by atoms with Gasteiger partial charge in [-0.3, -0.25) is 9.59 Å². The van der Waals surface area contributed by atoms with E-state index in [0.29, 0.717) is 28.5 Å². The lowest BCUT2D eigenvalue weighted by atomic mass is 10.0. The quantitative estimate of drug-likeness (QED) is 0.419. The third-order valence-corrected chi connectivity index (χ3v) is 6.78. The molecule has 0 saturated heterocycles. The van der Waals surface area contributed by atoms with Crippen LogP contribution in [0.15, 0.2) is 71.6 Å². The van der Waals surface area contributed by atoms with Crippen LogP contribution in [0.2, 0.25) is 5.02 Å². The largest absolute Gasteiger partial charge is 0.494 e. The molecule has 3 rings (SSSR count). The molecule has 0 heterocycles. The summed E-state index contributed by atoms with van der Waals surface area (Å²) < 4.78 is 33.5. The number of benzene rings is 3. The molecule has 0 aromatic heterocycles. The van der Waals surface area contributed by atoms with Crippen LogP contribution in [-0.4, -0.2) is 32.8 Å². The zero-order valence-electron chi connectivity index (χ0n) is 19.0. The van der Waals surface area contributed by atoms with Gasteiger partial charge in [0.05, 0.1) is 23.2 Å². The molecule has 9 heteroatoms. The van der Waals surface area contributed by atoms with E-state index in [4.69, 9.17) is 16.3 Å². The van der Waals surface area contributed by atoms with Gasteiger partial charge in [-0.1, -0.05) is 41.9 Å². The topological polar surface area (TPSA) is 102 Å². The lowest BCUT2D eigenvalue weighted by molar-refractivity contribution is -0.117. The van der Waals surface area contributed by atoms with Crippen molar-refractivity contribution >= 4 is 39.0 Å². The molecule has 0 radical (unpaired) electrons. The number of carbonyl (C=O) groups excluding carboxylic acids is 2. The Labute approximate surface area is 204 Å². The second-order valence-electron chi connectivity index (χ2n) is 7.58. The molecule has 7 nitrogen and oxygen atoms in total. The fourth-order valence-electron chi connectivity index (χ4n) is 3.26. The highest BCUT2D eigenvalue weighted by Crippen LogP contribution is 2.25. The van der Waals surface area contributed by atoms with E-state index in [2.05, 4.69) is 10.0 Å². The maximum atomic E-state index is 13.0. The van der Waals surface area contributed by atoms with Crippen LogP contribution < -0.4 is 14.8 Å². The van der Waals surface area contributed by atoms with Crippen molar-refractivity contribution in [1.82, 2.24) is 4.72 Å². The van der Waals surface area contributed by atoms with Crippen molar-refractivity contribution in [3.8, 4) is 5.75 Å². The van der Waals surface area contributed by atoms with E-state index in [1.165, 1.54) is 37.3 Å². The van der Waals surface area contributed by atoms with E-state index in [1.807, 2.05) is 6.92 Å². The van der Waals surface area contributed by atoms with E-state index >= 15 is 0 Å². The van der Waals surface area contributed by atoms with E-state index in [1.54, 1.807) is 43.3 Å². The number of ether oxygens (including phenoxy) is 1. The normalized spacial score (nSPS) is 12.1. The molecule has 0 saturated carbocycles. The summed E-state index contributed by atoms with van der Waals surface area (Å²) in [5.74, 6) is -0.363. The van der Waals surface area contributed by atoms with Crippen molar-refractivity contribution in [1.29, 1.82) is 0 Å². The van der Waals surface area contributed by atoms with Crippen LogP contribution in [0.25, 0.3) is 0 Å². The van der Waals surface area contributed by atoms with Gasteiger partial charge < -0.3 is 10.1 Å². The zero-order chi connectivity index (χ0) is 24.9. The monoisotopic (exact) mass is 500 g/mol. The second kappa shape index (κ2) is 10.8. The number of ketones is 1. The van der Waals surface area contributed by atoms with Gasteiger partial charge in [-0.2, -0.15) is 4.72 Å². The van der Waals surface area contributed by atoms with E-state index in [-0.39, 0.29) is 21.9 Å². The minimum Gasteiger partial charge on any atom is -0.494 e. The minimum absolute atomic E-state index is 0.0135. The average Bonchev–Trinajstić information content (AvgIpc) is 2.81. The Morgan fingerprint density at radius 3 is 2.38 bits per heavy atom. The maximum Gasteiger partial charge on any atom is 0.242 e. The number of aryl methyl sites for hydroxylation is 1. The molecule has 0 aliphatic rings. The number of nitrogens with one attached hydrogen (secondary N) is 2. The lowest BCUT2D eigenvalue weighted by Crippen LogP contribution is -2.41. The smallest absolute Gasteiger partial charge is 0.242 e. The first kappa shape index (κ1) is 25.4. The average molecular weight is 501 g/mol. The summed E-state index contributed by atoms with van der Waals surface area (Å²) in [6.07, 6.45) is 0. The molecule has 3 aromatic carbocycles. The molecular formula is C25H25ClN2O5S. The Bertz CT molecular complexity index is 1310. The van der Waals surface area contributed by atoms with Crippen molar-refractivity contribution in [2.24, 2.45) is 0 Å². The van der Waals surface area contributed by atoms with Crippen LogP contribution in [0.4, 0.5) is 5.69 Å². The van der Waals surface area contributed by atoms with Gasteiger partial charge in [-0.25, -0.2) is 8.42 Å². The van der Waals surface area contributed by atoms with Gasteiger partial charge in [0.1, 0.15) is 5.75 Å². The SMILES string of the molecule is CCOc1ccc(S(=O)(=O)N[C@H](C)C(=O)Nc2ccc(Cl)cc2C(=O)c2ccccc2)cc1C. The third-order valence-electron chi connectivity index (χ3n) is 5.00. The van der Waals surface area contributed by atoms with Gasteiger partial charge in [0.2, 0.25) is 15.9 Å². The van der Waals surface area contributed by atoms with Gasteiger partial charge >= 0.3 is 0 Å². The summed E-state index contributed by atoms with van der Waals surface area (Å²) in [5, 5.41) is 2.96. The van der Waals surface area contributed by atoms with Crippen LogP contribution >= 0.6 is 11.6 Å². The molecule has 3 aromatic rings. The minimum atomic E-state index is -3.98. The standard InChI is InChI=1S/C25H25ClN2O5S/c1-4-33-23-13-11-20(14-16(23)2)34(31,32)28-17(3)25(30)27-22-12-10-19(26)15-21(22)24(29)18-8-6-5-7-9-18/h5-15,17,28H,4H2,1-3H3,(H,27,30)/t17-/m1/s1. The van der Waals surface area contributed by atoms with E-state index in [9.17, 15) is 18.0 Å². The molecule has 0 spiro atoms. The van der Waals surface area contributed by atoms with Crippen LogP contribution in [0.3, 0.4) is 0 Å². The molecule has 0 aliphatic heterocycles. The van der Waals surface area contributed by atoms with Crippen molar-refractivity contribution in [3.05, 3.63) is 88.4 Å². The number of amides is 1. The third kappa shape index (κ3) is 6.02. The lowest BCUT2D eigenvalue weighted by Gasteiger charge is -2.17. The first-order chi connectivity index (χ1) is 16.1. The predicted molar refractivity (Wildman–Crippen MR) is 132 cm³/mol. The molecule has 178 valence electrons. The number of halogens is 1. The first-order valence-corrected chi connectivity index (χ1v) is 12.4. The highest BCUT2D eigenvalue weighted by Gasteiger charge is 2.24. The van der Waals surface area contributed by atoms with E-state index < -0.39 is 22.0 Å². The van der Waals surface area contributed by atoms with Crippen molar-refractivity contribution in [2.45, 2.75) is 31.7 Å². The molecule has 0 fully saturated rings. The molecule has 0 bridgehead atoms. The molecule has 1 atom stereocenters. The summed E-state index contributed by atoms with van der Waals surface area (Å²) in [4.78, 5) is 25.8. The van der Waals surface area contributed by atoms with Crippen LogP contribution in [0.1, 0.15) is 35.3 Å². The van der Waals surface area contributed by atoms with Gasteiger partial charge in [-0.15, -0.1) is 0 Å². The summed E-state index contributed by atoms with van der Waals surface area (Å²) >= 11 is 6.08. The first-order valence-electron chi connectivity index (χ1n) is 10.6. The summed E-state index contributed by atoms with van der Waals surface area (Å²) in [6.45, 7) is 5.46. The van der Waals surface area contributed by atoms with Crippen molar-refractivity contribution in [2.75, 3.05) is 11.9 Å². The molecule has 0 unspecified atom stereocenters. The summed E-state index contributed by atoms with van der Waals surface area (Å²) in [7, 11) is -3.98. The summed E-state index contributed by atoms with van der Waals surface area (Å²) in [5.41, 5.74) is 1.52. The van der Waals surface area contributed by atoms with Gasteiger partial charge in [0.25, 0.3) is 0 Å². The van der Waals surface area contributed by atoms with Crippen LogP contribution in [0, 0.1) is 6.92 Å². The Hall–Kier alpha value is -3.20. The number of hydrogen-bond donors (Lipinski definition) is 2. The Morgan fingerprint density at radius 1 is 1.03 bits per heavy atom. The van der Waals surface area contributed by atoms with Crippen LogP contribution in [0.5, 0.6) is 5.75 Å². The second-order valence-corrected chi connectivity index (χ2v) is 9.73. The maximum absolute atomic E-state index is 13.0. The summed E-state index contributed by atoms with van der Waals surface area (Å²) in [6, 6.07) is 16.4. The highest BCUT2D eigenvalue weighted by molar-refractivity contribution is 7.89. The number of hydrogen-bond acceptors (Lipinski definition) is 5. The molecule has 34 heavy (non-hydrogen) atoms. The van der Waals surface area contributed by atoms with Crippen molar-refractivity contribution in [3.63, 3.8) is 0 Å². The van der Waals surface area contributed by atoms with Crippen molar-refractivity contribution < 1.29 is 22.7 Å². The van der Waals surface area contributed by atoms with Gasteiger partial charge in [0.15, 0.2) is 5.78 Å². The molecule has 2 N–H and O–H groups in total. The predicted octanol–water partition coefficient (Wildman–Crippen LogP) is 4.58. The fourth-order valence-corrected chi connectivity index (χ4v) is 4.72. The molecular weight excluding hydrogens is 476 g/mol. The number of anilines is 1. The highest BCUT2D eigenvalue weighted by atomic mass is 35.5. The molecule has 0 aliphatic carbocycles. The molecule has 1 amide bonds. The van der Waals surface area contributed by atoms with Gasteiger partial charge in [-0.05, 0) is 62.7 Å². The Balaban J connectivity index is 1.78. The number of rotatable bonds is 9. The fraction of sp³-hybridized carbons (Fsp3) is 0.200.